The largest absolute Gasteiger partial charge is 0.378 e. The van der Waals surface area contributed by atoms with E-state index in [1.807, 2.05) is 11.9 Å². The zero-order chi connectivity index (χ0) is 11.4. The van der Waals surface area contributed by atoms with Crippen LogP contribution in [-0.2, 0) is 9.53 Å². The van der Waals surface area contributed by atoms with Crippen LogP contribution in [0.3, 0.4) is 0 Å². The highest BCUT2D eigenvalue weighted by molar-refractivity contribution is 5.76. The maximum atomic E-state index is 11.3. The minimum absolute atomic E-state index is 0.275. The van der Waals surface area contributed by atoms with Crippen LogP contribution in [0.1, 0.15) is 32.1 Å². The van der Waals surface area contributed by atoms with Gasteiger partial charge in [-0.15, -0.1) is 0 Å². The van der Waals surface area contributed by atoms with Gasteiger partial charge < -0.3 is 15.0 Å². The molecular formula is C12H22N2O2. The van der Waals surface area contributed by atoms with Crippen molar-refractivity contribution in [1.82, 2.24) is 10.2 Å². The number of nitrogens with zero attached hydrogens (tertiary/aromatic N) is 1. The van der Waals surface area contributed by atoms with Crippen molar-refractivity contribution in [3.8, 4) is 0 Å². The lowest BCUT2D eigenvalue weighted by molar-refractivity contribution is -0.132. The molecule has 2 heterocycles. The van der Waals surface area contributed by atoms with Gasteiger partial charge in [0.15, 0.2) is 0 Å². The van der Waals surface area contributed by atoms with Gasteiger partial charge in [0.2, 0.25) is 5.91 Å². The summed E-state index contributed by atoms with van der Waals surface area (Å²) in [4.78, 5) is 13.1. The van der Waals surface area contributed by atoms with Crippen LogP contribution in [0.4, 0.5) is 0 Å². The second-order valence-electron chi connectivity index (χ2n) is 4.89. The third-order valence-corrected chi connectivity index (χ3v) is 3.55. The van der Waals surface area contributed by atoms with Crippen LogP contribution in [0.5, 0.6) is 0 Å². The average Bonchev–Trinajstić information content (AvgIpc) is 2.76. The molecule has 0 aliphatic carbocycles. The molecule has 0 radical (unpaired) electrons. The summed E-state index contributed by atoms with van der Waals surface area (Å²) in [6, 6.07) is 0.476. The normalized spacial score (nSPS) is 31.1. The molecule has 2 aliphatic rings. The predicted molar refractivity (Wildman–Crippen MR) is 62.3 cm³/mol. The molecular weight excluding hydrogens is 204 g/mol. The molecule has 0 saturated carbocycles. The summed E-state index contributed by atoms with van der Waals surface area (Å²) in [5.74, 6) is 0.275. The van der Waals surface area contributed by atoms with Gasteiger partial charge in [0.25, 0.3) is 0 Å². The quantitative estimate of drug-likeness (QED) is 0.769. The van der Waals surface area contributed by atoms with Crippen LogP contribution in [0, 0.1) is 0 Å². The van der Waals surface area contributed by atoms with Crippen molar-refractivity contribution in [3.05, 3.63) is 0 Å². The molecule has 4 nitrogen and oxygen atoms in total. The highest BCUT2D eigenvalue weighted by Gasteiger charge is 2.22. The fraction of sp³-hybridized carbons (Fsp3) is 0.917. The maximum absolute atomic E-state index is 11.3. The third-order valence-electron chi connectivity index (χ3n) is 3.55. The summed E-state index contributed by atoms with van der Waals surface area (Å²) in [6.45, 7) is 2.80. The van der Waals surface area contributed by atoms with Crippen LogP contribution in [0.15, 0.2) is 0 Å². The van der Waals surface area contributed by atoms with E-state index in [1.54, 1.807) is 0 Å². The van der Waals surface area contributed by atoms with E-state index in [-0.39, 0.29) is 5.91 Å². The number of rotatable bonds is 4. The Kier molecular flexibility index (Phi) is 4.18. The molecule has 2 saturated heterocycles. The van der Waals surface area contributed by atoms with Gasteiger partial charge in [-0.3, -0.25) is 4.79 Å². The minimum atomic E-state index is 0.275. The smallest absolute Gasteiger partial charge is 0.222 e. The molecule has 0 aromatic rings. The van der Waals surface area contributed by atoms with Crippen LogP contribution in [0.25, 0.3) is 0 Å². The number of ether oxygens (including phenoxy) is 1. The number of likely N-dealkylation sites (N-methyl/N-ethyl adjacent to an activating group) is 1. The van der Waals surface area contributed by atoms with Crippen molar-refractivity contribution in [3.63, 3.8) is 0 Å². The van der Waals surface area contributed by atoms with Gasteiger partial charge in [0, 0.05) is 32.7 Å². The van der Waals surface area contributed by atoms with E-state index in [9.17, 15) is 4.79 Å². The van der Waals surface area contributed by atoms with Gasteiger partial charge in [-0.1, -0.05) is 0 Å². The third kappa shape index (κ3) is 3.19. The summed E-state index contributed by atoms with van der Waals surface area (Å²) in [5, 5.41) is 3.53. The Hall–Kier alpha value is -0.610. The Morgan fingerprint density at radius 1 is 1.50 bits per heavy atom. The molecule has 2 fully saturated rings. The summed E-state index contributed by atoms with van der Waals surface area (Å²) >= 11 is 0. The van der Waals surface area contributed by atoms with E-state index in [1.165, 1.54) is 12.8 Å². The SMILES string of the molecule is CN1CC(NCCC2CCCO2)CCC1=O. The Labute approximate surface area is 97.3 Å². The van der Waals surface area contributed by atoms with Crippen LogP contribution >= 0.6 is 0 Å². The molecule has 2 atom stereocenters. The van der Waals surface area contributed by atoms with Gasteiger partial charge in [-0.25, -0.2) is 0 Å². The summed E-state index contributed by atoms with van der Waals surface area (Å²) in [5.41, 5.74) is 0. The van der Waals surface area contributed by atoms with Crippen molar-refractivity contribution in [1.29, 1.82) is 0 Å². The number of carbonyl (C=O) groups excluding carboxylic acids is 1. The Bertz CT molecular complexity index is 239. The molecule has 0 bridgehead atoms. The summed E-state index contributed by atoms with van der Waals surface area (Å²) < 4.78 is 5.58. The Morgan fingerprint density at radius 3 is 3.06 bits per heavy atom. The second-order valence-corrected chi connectivity index (χ2v) is 4.89. The zero-order valence-electron chi connectivity index (χ0n) is 10.1. The number of piperidine rings is 1. The molecule has 2 aliphatic heterocycles. The fourth-order valence-electron chi connectivity index (χ4n) is 2.50. The van der Waals surface area contributed by atoms with Crippen molar-refractivity contribution in [2.45, 2.75) is 44.2 Å². The lowest BCUT2D eigenvalue weighted by Crippen LogP contribution is -2.47. The standard InChI is InChI=1S/C12H22N2O2/c1-14-9-10(4-5-12(14)15)13-7-6-11-3-2-8-16-11/h10-11,13H,2-9H2,1H3. The minimum Gasteiger partial charge on any atom is -0.378 e. The first-order valence-corrected chi connectivity index (χ1v) is 6.34. The molecule has 2 unspecified atom stereocenters. The molecule has 1 N–H and O–H groups in total. The van der Waals surface area contributed by atoms with Crippen LogP contribution < -0.4 is 5.32 Å². The Balaban J connectivity index is 1.60. The monoisotopic (exact) mass is 226 g/mol. The highest BCUT2D eigenvalue weighted by atomic mass is 16.5. The molecule has 0 aromatic heterocycles. The molecule has 0 aromatic carbocycles. The van der Waals surface area contributed by atoms with Crippen molar-refractivity contribution < 1.29 is 9.53 Å². The molecule has 16 heavy (non-hydrogen) atoms. The molecule has 2 rings (SSSR count). The van der Waals surface area contributed by atoms with Crippen molar-refractivity contribution >= 4 is 5.91 Å². The van der Waals surface area contributed by atoms with E-state index in [2.05, 4.69) is 5.32 Å². The first kappa shape index (κ1) is 11.9. The second kappa shape index (κ2) is 5.64. The van der Waals surface area contributed by atoms with Gasteiger partial charge in [0.05, 0.1) is 6.10 Å². The molecule has 0 spiro atoms. The highest BCUT2D eigenvalue weighted by Crippen LogP contribution is 2.15. The predicted octanol–water partition coefficient (Wildman–Crippen LogP) is 0.766. The zero-order valence-corrected chi connectivity index (χ0v) is 10.1. The molecule has 92 valence electrons. The first-order chi connectivity index (χ1) is 7.75. The van der Waals surface area contributed by atoms with Crippen LogP contribution in [-0.4, -0.2) is 49.7 Å². The van der Waals surface area contributed by atoms with Gasteiger partial charge in [-0.2, -0.15) is 0 Å². The lowest BCUT2D eigenvalue weighted by atomic mass is 10.1. The van der Waals surface area contributed by atoms with Crippen molar-refractivity contribution in [2.75, 3.05) is 26.7 Å². The lowest BCUT2D eigenvalue weighted by Gasteiger charge is -2.30. The van der Waals surface area contributed by atoms with Gasteiger partial charge >= 0.3 is 0 Å². The van der Waals surface area contributed by atoms with E-state index in [4.69, 9.17) is 4.74 Å². The first-order valence-electron chi connectivity index (χ1n) is 6.34. The topological polar surface area (TPSA) is 41.6 Å². The van der Waals surface area contributed by atoms with E-state index in [0.717, 1.165) is 32.5 Å². The molecule has 4 heteroatoms. The van der Waals surface area contributed by atoms with Crippen molar-refractivity contribution in [2.24, 2.45) is 0 Å². The number of carbonyl (C=O) groups is 1. The number of hydrogen-bond donors (Lipinski definition) is 1. The fourth-order valence-corrected chi connectivity index (χ4v) is 2.50. The Morgan fingerprint density at radius 2 is 2.38 bits per heavy atom. The van der Waals surface area contributed by atoms with E-state index >= 15 is 0 Å². The summed E-state index contributed by atoms with van der Waals surface area (Å²) in [7, 11) is 1.89. The average molecular weight is 226 g/mol. The number of amides is 1. The molecule has 1 amide bonds. The maximum Gasteiger partial charge on any atom is 0.222 e. The number of likely N-dealkylation sites (tertiary alicyclic amines) is 1. The number of nitrogens with one attached hydrogen (secondary N) is 1. The summed E-state index contributed by atoms with van der Waals surface area (Å²) in [6.07, 6.45) is 5.67. The number of hydrogen-bond acceptors (Lipinski definition) is 3. The van der Waals surface area contributed by atoms with Gasteiger partial charge in [0.1, 0.15) is 0 Å². The van der Waals surface area contributed by atoms with E-state index in [0.29, 0.717) is 18.6 Å². The van der Waals surface area contributed by atoms with E-state index < -0.39 is 0 Å². The van der Waals surface area contributed by atoms with Crippen LogP contribution in [0.2, 0.25) is 0 Å². The van der Waals surface area contributed by atoms with Gasteiger partial charge in [-0.05, 0) is 32.2 Å².